The van der Waals surface area contributed by atoms with Crippen LogP contribution < -0.4 is 4.74 Å². The van der Waals surface area contributed by atoms with Crippen LogP contribution in [0.5, 0.6) is 5.75 Å². The second-order valence-electron chi connectivity index (χ2n) is 6.29. The van der Waals surface area contributed by atoms with Gasteiger partial charge >= 0.3 is 0 Å². The Balaban J connectivity index is 2.03. The highest BCUT2D eigenvalue weighted by atomic mass is 16.5. The minimum Gasteiger partial charge on any atom is -0.497 e. The lowest BCUT2D eigenvalue weighted by atomic mass is 9.86. The Labute approximate surface area is 128 Å². The van der Waals surface area contributed by atoms with Gasteiger partial charge in [0.25, 0.3) is 0 Å². The van der Waals surface area contributed by atoms with Crippen molar-refractivity contribution >= 4 is 0 Å². The third-order valence-corrected chi connectivity index (χ3v) is 4.57. The summed E-state index contributed by atoms with van der Waals surface area (Å²) in [6, 6.07) is 7.69. The zero-order valence-electron chi connectivity index (χ0n) is 13.6. The molecule has 0 bridgehead atoms. The number of hydrogen-bond acceptors (Lipinski definition) is 3. The van der Waals surface area contributed by atoms with Gasteiger partial charge in [0.2, 0.25) is 0 Å². The molecule has 1 aliphatic rings. The molecular formula is C18H29NO2. The first-order valence-electron chi connectivity index (χ1n) is 8.18. The van der Waals surface area contributed by atoms with Crippen LogP contribution in [0.25, 0.3) is 0 Å². The molecule has 21 heavy (non-hydrogen) atoms. The molecule has 0 radical (unpaired) electrons. The van der Waals surface area contributed by atoms with Crippen LogP contribution in [0.15, 0.2) is 18.2 Å². The summed E-state index contributed by atoms with van der Waals surface area (Å²) in [5, 5.41) is 8.98. The predicted octanol–water partition coefficient (Wildman–Crippen LogP) is 3.04. The van der Waals surface area contributed by atoms with Crippen molar-refractivity contribution in [1.82, 2.24) is 4.90 Å². The molecule has 1 atom stereocenters. The van der Waals surface area contributed by atoms with Crippen molar-refractivity contribution in [3.8, 4) is 5.75 Å². The van der Waals surface area contributed by atoms with E-state index in [1.54, 1.807) is 7.11 Å². The molecule has 0 amide bonds. The number of aliphatic hydroxyl groups is 1. The normalized spacial score (nSPS) is 18.1. The maximum atomic E-state index is 8.98. The van der Waals surface area contributed by atoms with Gasteiger partial charge < -0.3 is 9.84 Å². The number of hydrogen-bond donors (Lipinski definition) is 1. The fourth-order valence-corrected chi connectivity index (χ4v) is 3.39. The Morgan fingerprint density at radius 2 is 2.10 bits per heavy atom. The third kappa shape index (κ3) is 4.21. The summed E-state index contributed by atoms with van der Waals surface area (Å²) in [5.74, 6) is 0.968. The van der Waals surface area contributed by atoms with Gasteiger partial charge in [-0.25, -0.2) is 0 Å². The van der Waals surface area contributed by atoms with Crippen molar-refractivity contribution in [2.45, 2.75) is 58.0 Å². The number of fused-ring (bicyclic) bond motifs is 1. The molecule has 1 aromatic carbocycles. The van der Waals surface area contributed by atoms with E-state index in [-0.39, 0.29) is 0 Å². The number of nitrogens with zero attached hydrogens (tertiary/aromatic N) is 1. The average molecular weight is 291 g/mol. The van der Waals surface area contributed by atoms with Gasteiger partial charge in [-0.15, -0.1) is 0 Å². The Morgan fingerprint density at radius 1 is 1.29 bits per heavy atom. The van der Waals surface area contributed by atoms with Crippen LogP contribution in [0.2, 0.25) is 0 Å². The summed E-state index contributed by atoms with van der Waals surface area (Å²) in [4.78, 5) is 2.61. The highest BCUT2D eigenvalue weighted by Crippen LogP contribution is 2.28. The van der Waals surface area contributed by atoms with E-state index in [1.165, 1.54) is 17.5 Å². The van der Waals surface area contributed by atoms with Crippen LogP contribution in [-0.2, 0) is 12.8 Å². The van der Waals surface area contributed by atoms with Crippen LogP contribution in [0, 0.1) is 0 Å². The number of ether oxygens (including phenoxy) is 1. The number of unbranched alkanes of at least 4 members (excludes halogenated alkanes) is 1. The molecule has 0 saturated heterocycles. The molecule has 0 fully saturated rings. The Bertz CT molecular complexity index is 445. The van der Waals surface area contributed by atoms with E-state index >= 15 is 0 Å². The van der Waals surface area contributed by atoms with Gasteiger partial charge in [-0.1, -0.05) is 6.07 Å². The first-order valence-corrected chi connectivity index (χ1v) is 8.18. The number of aliphatic hydroxyl groups excluding tert-OH is 1. The third-order valence-electron chi connectivity index (χ3n) is 4.57. The molecule has 1 aliphatic carbocycles. The number of benzene rings is 1. The topological polar surface area (TPSA) is 32.7 Å². The lowest BCUT2D eigenvalue weighted by molar-refractivity contribution is 0.133. The minimum absolute atomic E-state index is 0.305. The van der Waals surface area contributed by atoms with Gasteiger partial charge in [-0.05, 0) is 75.8 Å². The summed E-state index contributed by atoms with van der Waals surface area (Å²) in [7, 11) is 1.73. The number of methoxy groups -OCH3 is 1. The van der Waals surface area contributed by atoms with Crippen LogP contribution in [0.4, 0.5) is 0 Å². The van der Waals surface area contributed by atoms with Crippen molar-refractivity contribution in [2.75, 3.05) is 20.3 Å². The van der Waals surface area contributed by atoms with Crippen molar-refractivity contribution in [3.63, 3.8) is 0 Å². The standard InChI is InChI=1S/C18H29NO2/c1-14(2)19(10-4-5-11-20)17-8-6-16-13-18(21-3)9-7-15(16)12-17/h7,9,13-14,17,20H,4-6,8,10-12H2,1-3H3. The summed E-state index contributed by atoms with van der Waals surface area (Å²) < 4.78 is 5.32. The molecule has 3 nitrogen and oxygen atoms in total. The highest BCUT2D eigenvalue weighted by molar-refractivity contribution is 5.37. The molecule has 0 saturated carbocycles. The van der Waals surface area contributed by atoms with Gasteiger partial charge in [0, 0.05) is 18.7 Å². The Kier molecular flexibility index (Phi) is 6.07. The summed E-state index contributed by atoms with van der Waals surface area (Å²) in [6.07, 6.45) is 5.49. The highest BCUT2D eigenvalue weighted by Gasteiger charge is 2.25. The zero-order valence-corrected chi connectivity index (χ0v) is 13.6. The second kappa shape index (κ2) is 7.81. The Morgan fingerprint density at radius 3 is 2.76 bits per heavy atom. The van der Waals surface area contributed by atoms with Crippen molar-refractivity contribution < 1.29 is 9.84 Å². The lowest BCUT2D eigenvalue weighted by Gasteiger charge is -2.38. The van der Waals surface area contributed by atoms with Crippen molar-refractivity contribution in [1.29, 1.82) is 0 Å². The van der Waals surface area contributed by atoms with E-state index in [9.17, 15) is 0 Å². The quantitative estimate of drug-likeness (QED) is 0.784. The number of rotatable bonds is 7. The molecule has 118 valence electrons. The van der Waals surface area contributed by atoms with Crippen LogP contribution >= 0.6 is 0 Å². The minimum atomic E-state index is 0.305. The first-order chi connectivity index (χ1) is 10.2. The molecule has 1 aromatic rings. The molecule has 0 spiro atoms. The van der Waals surface area contributed by atoms with Gasteiger partial charge in [0.15, 0.2) is 0 Å². The molecule has 0 aromatic heterocycles. The van der Waals surface area contributed by atoms with E-state index in [0.29, 0.717) is 18.7 Å². The smallest absolute Gasteiger partial charge is 0.119 e. The van der Waals surface area contributed by atoms with Crippen molar-refractivity contribution in [2.24, 2.45) is 0 Å². The van der Waals surface area contributed by atoms with Gasteiger partial charge in [0.1, 0.15) is 5.75 Å². The van der Waals surface area contributed by atoms with E-state index in [1.807, 2.05) is 0 Å². The molecule has 0 aliphatic heterocycles. The Hall–Kier alpha value is -1.06. The van der Waals surface area contributed by atoms with E-state index < -0.39 is 0 Å². The van der Waals surface area contributed by atoms with Crippen molar-refractivity contribution in [3.05, 3.63) is 29.3 Å². The molecule has 1 N–H and O–H groups in total. The van der Waals surface area contributed by atoms with Crippen LogP contribution in [0.3, 0.4) is 0 Å². The largest absolute Gasteiger partial charge is 0.497 e. The first kappa shape index (κ1) is 16.3. The van der Waals surface area contributed by atoms with E-state index in [2.05, 4.69) is 36.9 Å². The predicted molar refractivity (Wildman–Crippen MR) is 87.0 cm³/mol. The summed E-state index contributed by atoms with van der Waals surface area (Å²) in [6.45, 7) is 5.96. The van der Waals surface area contributed by atoms with E-state index in [4.69, 9.17) is 9.84 Å². The maximum absolute atomic E-state index is 8.98. The molecule has 3 heteroatoms. The SMILES string of the molecule is COc1ccc2c(c1)CCC(N(CCCCO)C(C)C)C2. The van der Waals surface area contributed by atoms with Gasteiger partial charge in [-0.2, -0.15) is 0 Å². The molecule has 0 heterocycles. The molecule has 2 rings (SSSR count). The second-order valence-corrected chi connectivity index (χ2v) is 6.29. The fourth-order valence-electron chi connectivity index (χ4n) is 3.39. The summed E-state index contributed by atoms with van der Waals surface area (Å²) >= 11 is 0. The number of aryl methyl sites for hydroxylation is 1. The van der Waals surface area contributed by atoms with Crippen LogP contribution in [-0.4, -0.2) is 42.4 Å². The van der Waals surface area contributed by atoms with Crippen LogP contribution in [0.1, 0.15) is 44.2 Å². The van der Waals surface area contributed by atoms with Gasteiger partial charge in [-0.3, -0.25) is 4.90 Å². The van der Waals surface area contributed by atoms with E-state index in [0.717, 1.165) is 38.0 Å². The monoisotopic (exact) mass is 291 g/mol. The lowest BCUT2D eigenvalue weighted by Crippen LogP contribution is -2.44. The average Bonchev–Trinajstić information content (AvgIpc) is 2.50. The molecule has 1 unspecified atom stereocenters. The zero-order chi connectivity index (χ0) is 15.2. The van der Waals surface area contributed by atoms with Gasteiger partial charge in [0.05, 0.1) is 7.11 Å². The fraction of sp³-hybridized carbons (Fsp3) is 0.667. The molecular weight excluding hydrogens is 262 g/mol. The summed E-state index contributed by atoms with van der Waals surface area (Å²) in [5.41, 5.74) is 2.92. The maximum Gasteiger partial charge on any atom is 0.119 e.